The van der Waals surface area contributed by atoms with E-state index < -0.39 is 0 Å². The molecule has 0 heterocycles. The van der Waals surface area contributed by atoms with Gasteiger partial charge in [-0.05, 0) is 13.3 Å². The van der Waals surface area contributed by atoms with Crippen LogP contribution in [-0.4, -0.2) is 18.9 Å². The first-order chi connectivity index (χ1) is 5.24. The topological polar surface area (TPSA) is 24.4 Å². The molecular weight excluding hydrogens is 136 g/mol. The van der Waals surface area contributed by atoms with Crippen LogP contribution in [-0.2, 0) is 0 Å². The molecule has 0 saturated carbocycles. The van der Waals surface area contributed by atoms with E-state index in [9.17, 15) is 0 Å². The Bertz CT molecular complexity index is 138. The Morgan fingerprint density at radius 2 is 2.36 bits per heavy atom. The molecule has 0 spiro atoms. The highest BCUT2D eigenvalue weighted by Crippen LogP contribution is 1.96. The zero-order valence-corrected chi connectivity index (χ0v) is 7.72. The number of rotatable bonds is 4. The van der Waals surface area contributed by atoms with Gasteiger partial charge < -0.3 is 5.32 Å². The van der Waals surface area contributed by atoms with E-state index in [0.717, 1.165) is 18.7 Å². The first-order valence-electron chi connectivity index (χ1n) is 4.09. The zero-order valence-electron chi connectivity index (χ0n) is 7.72. The Morgan fingerprint density at radius 3 is 2.73 bits per heavy atom. The molecule has 0 aromatic heterocycles. The summed E-state index contributed by atoms with van der Waals surface area (Å²) in [5.74, 6) is 1.02. The quantitative estimate of drug-likeness (QED) is 0.374. The Balaban J connectivity index is 3.98. The average molecular weight is 154 g/mol. The second kappa shape index (κ2) is 5.96. The average Bonchev–Trinajstić information content (AvgIpc) is 2.03. The van der Waals surface area contributed by atoms with Crippen LogP contribution in [0.15, 0.2) is 17.6 Å². The summed E-state index contributed by atoms with van der Waals surface area (Å²) < 4.78 is 0. The van der Waals surface area contributed by atoms with Crippen molar-refractivity contribution in [3.8, 4) is 0 Å². The normalized spacial score (nSPS) is 14.3. The second-order valence-electron chi connectivity index (χ2n) is 2.58. The largest absolute Gasteiger partial charge is 0.377 e. The van der Waals surface area contributed by atoms with Crippen LogP contribution in [0, 0.1) is 0 Å². The van der Waals surface area contributed by atoms with E-state index in [-0.39, 0.29) is 0 Å². The summed E-state index contributed by atoms with van der Waals surface area (Å²) in [5.41, 5.74) is 0. The first-order valence-corrected chi connectivity index (χ1v) is 4.09. The highest BCUT2D eigenvalue weighted by molar-refractivity contribution is 5.83. The molecule has 1 atom stereocenters. The molecule has 0 aromatic rings. The van der Waals surface area contributed by atoms with Crippen LogP contribution < -0.4 is 5.32 Å². The molecule has 0 radical (unpaired) electrons. The first kappa shape index (κ1) is 10.2. The molecule has 11 heavy (non-hydrogen) atoms. The minimum absolute atomic E-state index is 0.414. The van der Waals surface area contributed by atoms with Crippen LogP contribution in [0.25, 0.3) is 0 Å². The molecule has 0 aliphatic rings. The van der Waals surface area contributed by atoms with Crippen LogP contribution in [0.3, 0.4) is 0 Å². The Labute approximate surface area is 69.4 Å². The van der Waals surface area contributed by atoms with Gasteiger partial charge in [0.15, 0.2) is 0 Å². The summed E-state index contributed by atoms with van der Waals surface area (Å²) in [7, 11) is 1.89. The van der Waals surface area contributed by atoms with Crippen LogP contribution in [0.4, 0.5) is 0 Å². The number of hydrogen-bond donors (Lipinski definition) is 1. The van der Waals surface area contributed by atoms with Crippen LogP contribution in [0.1, 0.15) is 26.7 Å². The van der Waals surface area contributed by atoms with Crippen molar-refractivity contribution in [2.45, 2.75) is 32.7 Å². The van der Waals surface area contributed by atoms with Gasteiger partial charge in [-0.3, -0.25) is 4.99 Å². The van der Waals surface area contributed by atoms with Crippen molar-refractivity contribution in [2.24, 2.45) is 4.99 Å². The predicted octanol–water partition coefficient (Wildman–Crippen LogP) is 1.98. The van der Waals surface area contributed by atoms with Gasteiger partial charge in [0.1, 0.15) is 5.84 Å². The lowest BCUT2D eigenvalue weighted by molar-refractivity contribution is 0.710. The standard InChI is InChI=1S/C9H18N2/c1-5-7-9(10-4)11-8(3)6-2/h5,8H,1,6-7H2,2-4H3,(H,10,11). The maximum absolute atomic E-state index is 4.44. The Kier molecular flexibility index (Phi) is 5.53. The molecule has 0 aromatic carbocycles. The summed E-state index contributed by atoms with van der Waals surface area (Å²) in [6.07, 6.45) is 3.78. The lowest BCUT2D eigenvalue weighted by atomic mass is 10.3. The van der Waals surface area contributed by atoms with Crippen LogP contribution in [0.2, 0.25) is 0 Å². The molecule has 0 fully saturated rings. The third kappa shape index (κ3) is 4.59. The molecule has 0 aliphatic heterocycles. The smallest absolute Gasteiger partial charge is 0.100 e. The van der Waals surface area contributed by atoms with Crippen LogP contribution >= 0.6 is 0 Å². The van der Waals surface area contributed by atoms with Crippen molar-refractivity contribution in [1.29, 1.82) is 0 Å². The summed E-state index contributed by atoms with van der Waals surface area (Å²) in [6.45, 7) is 7.91. The van der Waals surface area contributed by atoms with Crippen molar-refractivity contribution < 1.29 is 0 Å². The van der Waals surface area contributed by atoms with E-state index in [0.29, 0.717) is 6.04 Å². The van der Waals surface area contributed by atoms with E-state index in [1.54, 1.807) is 0 Å². The monoisotopic (exact) mass is 154 g/mol. The van der Waals surface area contributed by atoms with Gasteiger partial charge in [-0.2, -0.15) is 0 Å². The molecule has 0 bridgehead atoms. The van der Waals surface area contributed by atoms with E-state index in [4.69, 9.17) is 0 Å². The lowest BCUT2D eigenvalue weighted by Gasteiger charge is -2.06. The van der Waals surface area contributed by atoms with Gasteiger partial charge in [-0.15, -0.1) is 6.58 Å². The van der Waals surface area contributed by atoms with E-state index in [1.165, 1.54) is 0 Å². The number of nitrogens with zero attached hydrogens (tertiary/aromatic N) is 1. The summed E-state index contributed by atoms with van der Waals surface area (Å²) >= 11 is 0. The Hall–Kier alpha value is -0.790. The molecule has 0 amide bonds. The van der Waals surface area contributed by atoms with Gasteiger partial charge in [-0.1, -0.05) is 13.0 Å². The molecule has 0 saturated heterocycles. The fraction of sp³-hybridized carbons (Fsp3) is 0.667. The number of hydrogen-bond acceptors (Lipinski definition) is 1. The fourth-order valence-corrected chi connectivity index (χ4v) is 0.713. The minimum atomic E-state index is 0.414. The molecule has 64 valence electrons. The summed E-state index contributed by atoms with van der Waals surface area (Å²) in [4.78, 5) is 4.44. The van der Waals surface area contributed by atoms with Crippen LogP contribution in [0.5, 0.6) is 0 Å². The van der Waals surface area contributed by atoms with Crippen molar-refractivity contribution >= 4 is 5.84 Å². The maximum atomic E-state index is 4.44. The van der Waals surface area contributed by atoms with Crippen molar-refractivity contribution in [3.05, 3.63) is 12.7 Å². The molecule has 2 heteroatoms. The van der Waals surface area contributed by atoms with Crippen molar-refractivity contribution in [2.75, 3.05) is 7.05 Å². The van der Waals surface area contributed by atoms with Gasteiger partial charge in [-0.25, -0.2) is 0 Å². The minimum Gasteiger partial charge on any atom is -0.377 e. The van der Waals surface area contributed by atoms with Gasteiger partial charge in [0.25, 0.3) is 0 Å². The van der Waals surface area contributed by atoms with Crippen molar-refractivity contribution in [1.82, 2.24) is 5.32 Å². The number of amidine groups is 1. The fourth-order valence-electron chi connectivity index (χ4n) is 0.713. The van der Waals surface area contributed by atoms with Gasteiger partial charge in [0.05, 0.1) is 0 Å². The van der Waals surface area contributed by atoms with E-state index >= 15 is 0 Å². The molecule has 1 N–H and O–H groups in total. The maximum Gasteiger partial charge on any atom is 0.100 e. The predicted molar refractivity (Wildman–Crippen MR) is 51.1 cm³/mol. The second-order valence-corrected chi connectivity index (χ2v) is 2.58. The van der Waals surface area contributed by atoms with Gasteiger partial charge in [0.2, 0.25) is 0 Å². The Morgan fingerprint density at radius 1 is 1.73 bits per heavy atom. The number of nitrogens with one attached hydrogen (secondary N) is 1. The van der Waals surface area contributed by atoms with E-state index in [1.807, 2.05) is 13.1 Å². The zero-order chi connectivity index (χ0) is 8.69. The molecule has 0 rings (SSSR count). The molecule has 0 aliphatic carbocycles. The highest BCUT2D eigenvalue weighted by Gasteiger charge is 1.96. The van der Waals surface area contributed by atoms with Gasteiger partial charge >= 0.3 is 0 Å². The highest BCUT2D eigenvalue weighted by atomic mass is 15.0. The van der Waals surface area contributed by atoms with Gasteiger partial charge in [0, 0.05) is 19.5 Å². The lowest BCUT2D eigenvalue weighted by Crippen LogP contribution is -2.19. The molecule has 2 nitrogen and oxygen atoms in total. The summed E-state index contributed by atoms with van der Waals surface area (Å²) in [5, 5.41) is 3.05. The van der Waals surface area contributed by atoms with E-state index in [2.05, 4.69) is 30.7 Å². The third-order valence-corrected chi connectivity index (χ3v) is 1.59. The third-order valence-electron chi connectivity index (χ3n) is 1.59. The number of aliphatic imine (C=N–C) groups is 1. The molecular formula is C9H18N2. The molecule has 1 unspecified atom stereocenters. The summed E-state index contributed by atoms with van der Waals surface area (Å²) in [6, 6.07) is 0.414. The SMILES string of the molecule is C=CC/C(=N\C(C)CC)NC. The van der Waals surface area contributed by atoms with Crippen molar-refractivity contribution in [3.63, 3.8) is 0 Å².